The topological polar surface area (TPSA) is 65.5 Å². The summed E-state index contributed by atoms with van der Waals surface area (Å²) in [5.74, 6) is 0.295. The Hall–Kier alpha value is -2.89. The summed E-state index contributed by atoms with van der Waals surface area (Å²) in [7, 11) is 1.69. The van der Waals surface area contributed by atoms with Gasteiger partial charge in [-0.2, -0.15) is 0 Å². The number of aryl methyl sites for hydroxylation is 1. The first-order valence-corrected chi connectivity index (χ1v) is 8.49. The Bertz CT molecular complexity index is 804. The van der Waals surface area contributed by atoms with Crippen LogP contribution in [0.1, 0.15) is 36.6 Å². The standard InChI is InChI=1S/C20H25FN4O/c1-13-8-9-17(11-19(13)21)14(2)24-20(22-4)23-12-16-6-5-7-18(10-16)25-15(3)26/h5-11,14H,12H2,1-4H3,(H,25,26)(H2,22,23,24). The molecule has 26 heavy (non-hydrogen) atoms. The SMILES string of the molecule is CN=C(NCc1cccc(NC(C)=O)c1)NC(C)c1ccc(C)c(F)c1. The Balaban J connectivity index is 1.97. The maximum absolute atomic E-state index is 13.8. The number of carbonyl (C=O) groups excluding carboxylic acids is 1. The molecular weight excluding hydrogens is 331 g/mol. The van der Waals surface area contributed by atoms with Crippen LogP contribution in [0.3, 0.4) is 0 Å². The molecule has 3 N–H and O–H groups in total. The van der Waals surface area contributed by atoms with Crippen molar-refractivity contribution in [2.45, 2.75) is 33.4 Å². The molecule has 1 unspecified atom stereocenters. The zero-order chi connectivity index (χ0) is 19.1. The average Bonchev–Trinajstić information content (AvgIpc) is 2.60. The molecule has 138 valence electrons. The molecular formula is C20H25FN4O. The highest BCUT2D eigenvalue weighted by atomic mass is 19.1. The summed E-state index contributed by atoms with van der Waals surface area (Å²) in [4.78, 5) is 15.4. The van der Waals surface area contributed by atoms with E-state index in [1.165, 1.54) is 13.0 Å². The molecule has 2 rings (SSSR count). The number of halogens is 1. The largest absolute Gasteiger partial charge is 0.352 e. The van der Waals surface area contributed by atoms with E-state index in [0.717, 1.165) is 16.8 Å². The third kappa shape index (κ3) is 5.58. The van der Waals surface area contributed by atoms with Crippen LogP contribution in [-0.2, 0) is 11.3 Å². The fraction of sp³-hybridized carbons (Fsp3) is 0.300. The van der Waals surface area contributed by atoms with Crippen LogP contribution in [0.2, 0.25) is 0 Å². The summed E-state index contributed by atoms with van der Waals surface area (Å²) < 4.78 is 13.8. The van der Waals surface area contributed by atoms with Crippen LogP contribution in [0.4, 0.5) is 10.1 Å². The lowest BCUT2D eigenvalue weighted by Crippen LogP contribution is -2.38. The molecule has 1 atom stereocenters. The van der Waals surface area contributed by atoms with Crippen molar-refractivity contribution in [1.29, 1.82) is 0 Å². The van der Waals surface area contributed by atoms with Crippen LogP contribution in [0.15, 0.2) is 47.5 Å². The van der Waals surface area contributed by atoms with Crippen molar-refractivity contribution >= 4 is 17.6 Å². The molecule has 0 radical (unpaired) electrons. The van der Waals surface area contributed by atoms with Crippen LogP contribution in [0.25, 0.3) is 0 Å². The van der Waals surface area contributed by atoms with E-state index in [-0.39, 0.29) is 17.8 Å². The third-order valence-corrected chi connectivity index (χ3v) is 3.98. The van der Waals surface area contributed by atoms with Gasteiger partial charge in [0, 0.05) is 26.2 Å². The van der Waals surface area contributed by atoms with E-state index in [1.807, 2.05) is 37.3 Å². The van der Waals surface area contributed by atoms with Gasteiger partial charge in [0.25, 0.3) is 0 Å². The number of amides is 1. The third-order valence-electron chi connectivity index (χ3n) is 3.98. The molecule has 0 fully saturated rings. The number of guanidine groups is 1. The normalized spacial score (nSPS) is 12.4. The zero-order valence-corrected chi connectivity index (χ0v) is 15.6. The Labute approximate surface area is 153 Å². The van der Waals surface area contributed by atoms with Gasteiger partial charge in [-0.05, 0) is 48.7 Å². The van der Waals surface area contributed by atoms with Gasteiger partial charge in [0.2, 0.25) is 5.91 Å². The summed E-state index contributed by atoms with van der Waals surface area (Å²) in [6.07, 6.45) is 0. The fourth-order valence-electron chi connectivity index (χ4n) is 2.51. The quantitative estimate of drug-likeness (QED) is 0.567. The Morgan fingerprint density at radius 3 is 2.65 bits per heavy atom. The first kappa shape index (κ1) is 19.4. The summed E-state index contributed by atoms with van der Waals surface area (Å²) in [5, 5.41) is 9.24. The number of benzene rings is 2. The molecule has 0 aliphatic carbocycles. The van der Waals surface area contributed by atoms with Crippen LogP contribution in [-0.4, -0.2) is 18.9 Å². The van der Waals surface area contributed by atoms with Gasteiger partial charge in [-0.25, -0.2) is 4.39 Å². The number of nitrogens with zero attached hydrogens (tertiary/aromatic N) is 1. The van der Waals surface area contributed by atoms with Gasteiger partial charge in [0.05, 0.1) is 6.04 Å². The summed E-state index contributed by atoms with van der Waals surface area (Å²) in [6.45, 7) is 5.72. The van der Waals surface area contributed by atoms with Gasteiger partial charge >= 0.3 is 0 Å². The highest BCUT2D eigenvalue weighted by Crippen LogP contribution is 2.16. The number of hydrogen-bond donors (Lipinski definition) is 3. The molecule has 0 spiro atoms. The van der Waals surface area contributed by atoms with Crippen LogP contribution in [0, 0.1) is 12.7 Å². The molecule has 0 aromatic heterocycles. The average molecular weight is 356 g/mol. The van der Waals surface area contributed by atoms with Gasteiger partial charge in [-0.1, -0.05) is 24.3 Å². The van der Waals surface area contributed by atoms with Crippen molar-refractivity contribution in [3.63, 3.8) is 0 Å². The molecule has 0 saturated carbocycles. The van der Waals surface area contributed by atoms with Crippen molar-refractivity contribution < 1.29 is 9.18 Å². The van der Waals surface area contributed by atoms with Crippen LogP contribution in [0.5, 0.6) is 0 Å². The van der Waals surface area contributed by atoms with Gasteiger partial charge in [-0.3, -0.25) is 9.79 Å². The lowest BCUT2D eigenvalue weighted by molar-refractivity contribution is -0.114. The second-order valence-corrected chi connectivity index (χ2v) is 6.18. The molecule has 5 nitrogen and oxygen atoms in total. The predicted octanol–water partition coefficient (Wildman–Crippen LogP) is 3.52. The highest BCUT2D eigenvalue weighted by Gasteiger charge is 2.10. The van der Waals surface area contributed by atoms with Gasteiger partial charge in [0.1, 0.15) is 5.82 Å². The molecule has 0 aliphatic heterocycles. The van der Waals surface area contributed by atoms with E-state index in [1.54, 1.807) is 20.0 Å². The number of anilines is 1. The molecule has 1 amide bonds. The van der Waals surface area contributed by atoms with E-state index in [9.17, 15) is 9.18 Å². The molecule has 0 bridgehead atoms. The first-order valence-electron chi connectivity index (χ1n) is 8.49. The van der Waals surface area contributed by atoms with E-state index in [2.05, 4.69) is 20.9 Å². The first-order chi connectivity index (χ1) is 12.4. The number of hydrogen-bond acceptors (Lipinski definition) is 2. The highest BCUT2D eigenvalue weighted by molar-refractivity contribution is 5.88. The van der Waals surface area contributed by atoms with E-state index in [4.69, 9.17) is 0 Å². The van der Waals surface area contributed by atoms with Crippen molar-refractivity contribution in [3.8, 4) is 0 Å². The minimum atomic E-state index is -0.214. The lowest BCUT2D eigenvalue weighted by Gasteiger charge is -2.19. The van der Waals surface area contributed by atoms with E-state index >= 15 is 0 Å². The lowest BCUT2D eigenvalue weighted by atomic mass is 10.1. The summed E-state index contributed by atoms with van der Waals surface area (Å²) >= 11 is 0. The second-order valence-electron chi connectivity index (χ2n) is 6.18. The Kier molecular flexibility index (Phi) is 6.72. The second kappa shape index (κ2) is 8.99. The van der Waals surface area contributed by atoms with Gasteiger partial charge < -0.3 is 16.0 Å². The van der Waals surface area contributed by atoms with Crippen LogP contribution < -0.4 is 16.0 Å². The molecule has 2 aromatic carbocycles. The van der Waals surface area contributed by atoms with E-state index < -0.39 is 0 Å². The van der Waals surface area contributed by atoms with Crippen molar-refractivity contribution in [3.05, 3.63) is 65.0 Å². The molecule has 0 saturated heterocycles. The van der Waals surface area contributed by atoms with Crippen molar-refractivity contribution in [2.24, 2.45) is 4.99 Å². The number of nitrogens with one attached hydrogen (secondary N) is 3. The molecule has 0 heterocycles. The van der Waals surface area contributed by atoms with Gasteiger partial charge in [-0.15, -0.1) is 0 Å². The maximum atomic E-state index is 13.8. The number of rotatable bonds is 5. The van der Waals surface area contributed by atoms with Crippen molar-refractivity contribution in [2.75, 3.05) is 12.4 Å². The smallest absolute Gasteiger partial charge is 0.221 e. The maximum Gasteiger partial charge on any atom is 0.221 e. The fourth-order valence-corrected chi connectivity index (χ4v) is 2.51. The van der Waals surface area contributed by atoms with Crippen LogP contribution >= 0.6 is 0 Å². The van der Waals surface area contributed by atoms with Crippen molar-refractivity contribution in [1.82, 2.24) is 10.6 Å². The molecule has 6 heteroatoms. The predicted molar refractivity (Wildman–Crippen MR) is 104 cm³/mol. The Morgan fingerprint density at radius 1 is 1.23 bits per heavy atom. The monoisotopic (exact) mass is 356 g/mol. The molecule has 0 aliphatic rings. The summed E-state index contributed by atoms with van der Waals surface area (Å²) in [6, 6.07) is 12.7. The zero-order valence-electron chi connectivity index (χ0n) is 15.6. The van der Waals surface area contributed by atoms with E-state index in [0.29, 0.717) is 18.1 Å². The molecule has 2 aromatic rings. The minimum Gasteiger partial charge on any atom is -0.352 e. The van der Waals surface area contributed by atoms with Gasteiger partial charge in [0.15, 0.2) is 5.96 Å². The minimum absolute atomic E-state index is 0.0954. The Morgan fingerprint density at radius 2 is 2.00 bits per heavy atom. The number of aliphatic imine (C=N–C) groups is 1. The summed E-state index contributed by atoms with van der Waals surface area (Å²) in [5.41, 5.74) is 3.24. The number of carbonyl (C=O) groups is 1.